The predicted octanol–water partition coefficient (Wildman–Crippen LogP) is 6.21. The summed E-state index contributed by atoms with van der Waals surface area (Å²) in [5.74, 6) is -4.04. The summed E-state index contributed by atoms with van der Waals surface area (Å²) in [4.78, 5) is 51.4. The van der Waals surface area contributed by atoms with Crippen LogP contribution in [0.4, 0.5) is 18.3 Å². The normalized spacial score (nSPS) is 17.1. The molecule has 5 aromatic rings. The van der Waals surface area contributed by atoms with E-state index in [-0.39, 0.29) is 24.4 Å². The Kier molecular flexibility index (Phi) is 11.5. The lowest BCUT2D eigenvalue weighted by atomic mass is 9.77. The van der Waals surface area contributed by atoms with Crippen molar-refractivity contribution in [3.05, 3.63) is 166 Å². The van der Waals surface area contributed by atoms with Crippen LogP contribution >= 0.6 is 11.3 Å². The Balaban J connectivity index is 1.15. The molecule has 0 bridgehead atoms. The van der Waals surface area contributed by atoms with Gasteiger partial charge in [0.25, 0.3) is 11.8 Å². The average molecular weight is 846 g/mol. The number of halogens is 3. The molecular formula is C41H34F3N5O8S2. The van der Waals surface area contributed by atoms with Gasteiger partial charge in [-0.1, -0.05) is 126 Å². The number of carbonyl (C=O) groups is 3. The molecule has 2 amide bonds. The van der Waals surface area contributed by atoms with E-state index in [2.05, 4.69) is 20.0 Å². The number of β-lactam (4-membered cyclic amide) rings is 1. The SMILES string of the molecule is CO/N=C(/C(=O)N[C@@H]1C(=O)N2C(C(=O)OCc3ccccc3)=C(OS(=O)(=O)C(F)(F)F)CC[C@H]12)c1csc(NC(c2ccccc2)(c2ccccc2)c2ccccc2)n1. The Morgan fingerprint density at radius 1 is 0.881 bits per heavy atom. The summed E-state index contributed by atoms with van der Waals surface area (Å²) in [5, 5.41) is 12.1. The van der Waals surface area contributed by atoms with Crippen LogP contribution in [0, 0.1) is 0 Å². The first-order chi connectivity index (χ1) is 28.3. The Morgan fingerprint density at radius 2 is 1.42 bits per heavy atom. The summed E-state index contributed by atoms with van der Waals surface area (Å²) >= 11 is 1.19. The van der Waals surface area contributed by atoms with Crippen LogP contribution in [0.25, 0.3) is 0 Å². The van der Waals surface area contributed by atoms with Gasteiger partial charge >= 0.3 is 21.6 Å². The smallest absolute Gasteiger partial charge is 0.456 e. The highest BCUT2D eigenvalue weighted by molar-refractivity contribution is 7.87. The van der Waals surface area contributed by atoms with Gasteiger partial charge in [-0.05, 0) is 28.7 Å². The number of aromatic nitrogens is 1. The number of anilines is 1. The van der Waals surface area contributed by atoms with Crippen molar-refractivity contribution >= 4 is 50.1 Å². The van der Waals surface area contributed by atoms with Crippen molar-refractivity contribution in [2.75, 3.05) is 12.4 Å². The Labute approximate surface area is 340 Å². The molecule has 304 valence electrons. The highest BCUT2D eigenvalue weighted by Gasteiger charge is 2.57. The minimum Gasteiger partial charge on any atom is -0.456 e. The van der Waals surface area contributed by atoms with E-state index in [4.69, 9.17) is 14.6 Å². The minimum absolute atomic E-state index is 0.0883. The zero-order chi connectivity index (χ0) is 41.8. The van der Waals surface area contributed by atoms with E-state index in [0.29, 0.717) is 10.7 Å². The number of rotatable bonds is 14. The number of hydrogen-bond donors (Lipinski definition) is 2. The van der Waals surface area contributed by atoms with Crippen LogP contribution in [0.5, 0.6) is 0 Å². The number of amides is 2. The molecule has 59 heavy (non-hydrogen) atoms. The number of ether oxygens (including phenoxy) is 1. The van der Waals surface area contributed by atoms with Gasteiger partial charge in [0.1, 0.15) is 31.0 Å². The van der Waals surface area contributed by atoms with Gasteiger partial charge in [0.15, 0.2) is 22.3 Å². The molecule has 18 heteroatoms. The highest BCUT2D eigenvalue weighted by Crippen LogP contribution is 2.42. The number of nitrogens with zero attached hydrogens (tertiary/aromatic N) is 3. The molecule has 4 aromatic carbocycles. The minimum atomic E-state index is -6.22. The number of carbonyl (C=O) groups excluding carboxylic acids is 3. The number of benzene rings is 4. The van der Waals surface area contributed by atoms with Gasteiger partial charge in [0.05, 0.1) is 6.04 Å². The lowest BCUT2D eigenvalue weighted by Gasteiger charge is -2.49. The second-order valence-corrected chi connectivity index (χ2v) is 15.6. The highest BCUT2D eigenvalue weighted by atomic mass is 32.2. The maximum absolute atomic E-state index is 13.9. The van der Waals surface area contributed by atoms with Crippen LogP contribution in [0.3, 0.4) is 0 Å². The average Bonchev–Trinajstić information content (AvgIpc) is 3.71. The molecular weight excluding hydrogens is 812 g/mol. The molecule has 2 atom stereocenters. The number of alkyl halides is 3. The van der Waals surface area contributed by atoms with E-state index in [0.717, 1.165) is 21.6 Å². The van der Waals surface area contributed by atoms with Crippen molar-refractivity contribution < 1.29 is 49.7 Å². The van der Waals surface area contributed by atoms with Crippen molar-refractivity contribution in [3.63, 3.8) is 0 Å². The van der Waals surface area contributed by atoms with E-state index < -0.39 is 68.9 Å². The molecule has 2 aliphatic heterocycles. The zero-order valence-corrected chi connectivity index (χ0v) is 32.6. The molecule has 0 aliphatic carbocycles. The van der Waals surface area contributed by atoms with E-state index in [1.807, 2.05) is 91.0 Å². The first-order valence-corrected chi connectivity index (χ1v) is 20.2. The van der Waals surface area contributed by atoms with Gasteiger partial charge in [0, 0.05) is 11.8 Å². The molecule has 0 radical (unpaired) electrons. The van der Waals surface area contributed by atoms with E-state index in [9.17, 15) is 36.0 Å². The van der Waals surface area contributed by atoms with Crippen molar-refractivity contribution in [1.82, 2.24) is 15.2 Å². The van der Waals surface area contributed by atoms with Crippen molar-refractivity contribution in [3.8, 4) is 0 Å². The van der Waals surface area contributed by atoms with Crippen LogP contribution in [-0.2, 0) is 50.4 Å². The maximum Gasteiger partial charge on any atom is 0.534 e. The van der Waals surface area contributed by atoms with E-state index in [1.165, 1.54) is 18.4 Å². The number of oxime groups is 1. The van der Waals surface area contributed by atoms with Gasteiger partial charge in [-0.3, -0.25) is 14.5 Å². The fourth-order valence-corrected chi connectivity index (χ4v) is 8.23. The third-order valence-corrected chi connectivity index (χ3v) is 11.4. The van der Waals surface area contributed by atoms with Crippen LogP contribution in [-0.4, -0.2) is 66.5 Å². The fraction of sp³-hybridized carbons (Fsp3) is 0.195. The van der Waals surface area contributed by atoms with Crippen molar-refractivity contribution in [2.45, 2.75) is 42.6 Å². The summed E-state index contributed by atoms with van der Waals surface area (Å²) in [6.07, 6.45) is -0.699. The fourth-order valence-electron chi connectivity index (χ4n) is 6.96. The quantitative estimate of drug-likeness (QED) is 0.0250. The Bertz CT molecular complexity index is 2410. The largest absolute Gasteiger partial charge is 0.534 e. The monoisotopic (exact) mass is 845 g/mol. The van der Waals surface area contributed by atoms with Gasteiger partial charge in [-0.15, -0.1) is 11.3 Å². The molecule has 0 saturated carbocycles. The van der Waals surface area contributed by atoms with Crippen molar-refractivity contribution in [1.29, 1.82) is 0 Å². The molecule has 1 aromatic heterocycles. The first kappa shape index (κ1) is 40.7. The van der Waals surface area contributed by atoms with Crippen LogP contribution in [0.15, 0.2) is 143 Å². The van der Waals surface area contributed by atoms with Crippen LogP contribution < -0.4 is 10.6 Å². The third kappa shape index (κ3) is 8.13. The molecule has 13 nitrogen and oxygen atoms in total. The number of hydrogen-bond acceptors (Lipinski definition) is 12. The van der Waals surface area contributed by atoms with Gasteiger partial charge in [-0.25, -0.2) is 9.78 Å². The zero-order valence-electron chi connectivity index (χ0n) is 31.0. The molecule has 0 unspecified atom stereocenters. The second kappa shape index (κ2) is 16.8. The number of esters is 1. The number of allylic oxidation sites excluding steroid dienone is 1. The number of nitrogens with one attached hydrogen (secondary N) is 2. The third-order valence-electron chi connectivity index (χ3n) is 9.64. The first-order valence-electron chi connectivity index (χ1n) is 17.9. The van der Waals surface area contributed by atoms with Gasteiger partial charge in [-0.2, -0.15) is 21.6 Å². The lowest BCUT2D eigenvalue weighted by molar-refractivity contribution is -0.158. The summed E-state index contributed by atoms with van der Waals surface area (Å²) in [7, 11) is -5.00. The van der Waals surface area contributed by atoms with E-state index >= 15 is 0 Å². The molecule has 2 N–H and O–H groups in total. The summed E-state index contributed by atoms with van der Waals surface area (Å²) in [6, 6.07) is 35.2. The lowest BCUT2D eigenvalue weighted by Crippen LogP contribution is -2.72. The summed E-state index contributed by atoms with van der Waals surface area (Å²) in [6.45, 7) is -0.347. The molecule has 1 saturated heterocycles. The van der Waals surface area contributed by atoms with Crippen molar-refractivity contribution in [2.24, 2.45) is 5.16 Å². The van der Waals surface area contributed by atoms with Crippen LogP contribution in [0.1, 0.15) is 40.8 Å². The number of fused-ring (bicyclic) bond motifs is 1. The van der Waals surface area contributed by atoms with E-state index in [1.54, 1.807) is 35.7 Å². The topological polar surface area (TPSA) is 166 Å². The molecule has 2 aliphatic rings. The summed E-state index contributed by atoms with van der Waals surface area (Å²) in [5.41, 5.74) is -4.58. The molecule has 3 heterocycles. The predicted molar refractivity (Wildman–Crippen MR) is 210 cm³/mol. The standard InChI is InChI=1S/C41H34F3N5O8S2/c1-55-48-33(30-25-58-39(45-30)47-40(27-16-8-3-9-17-27,28-18-10-4-11-19-28)29-20-12-5-13-21-29)36(50)46-34-31-22-23-32(57-59(53,54)41(42,43)44)35(49(31)37(34)51)38(52)56-24-26-14-6-2-7-15-26/h2-21,25,31,34H,22-24H2,1H3,(H,45,47)(H,46,50)/b48-33+/t31-,34+/m1/s1. The van der Waals surface area contributed by atoms with Crippen LogP contribution in [0.2, 0.25) is 0 Å². The van der Waals surface area contributed by atoms with Gasteiger partial charge in [0.2, 0.25) is 0 Å². The molecule has 7 rings (SSSR count). The second-order valence-electron chi connectivity index (χ2n) is 13.2. The maximum atomic E-state index is 13.9. The summed E-state index contributed by atoms with van der Waals surface area (Å²) < 4.78 is 73.7. The number of thiazole rings is 1. The molecule has 1 fully saturated rings. The van der Waals surface area contributed by atoms with Gasteiger partial charge < -0.3 is 24.4 Å². The Morgan fingerprint density at radius 3 is 1.95 bits per heavy atom. The molecule has 0 spiro atoms. The Hall–Kier alpha value is -6.53.